The molecule has 0 spiro atoms. The van der Waals surface area contributed by atoms with Crippen LogP contribution in [0.4, 0.5) is 13.2 Å². The summed E-state index contributed by atoms with van der Waals surface area (Å²) in [5, 5.41) is 8.43. The Balaban J connectivity index is 3.00. The molecule has 1 aromatic rings. The summed E-state index contributed by atoms with van der Waals surface area (Å²) in [4.78, 5) is 3.45. The van der Waals surface area contributed by atoms with E-state index < -0.39 is 12.2 Å². The van der Waals surface area contributed by atoms with Crippen molar-refractivity contribution in [3.63, 3.8) is 0 Å². The topological polar surface area (TPSA) is 55.1 Å². The predicted octanol–water partition coefficient (Wildman–Crippen LogP) is 2.05. The largest absolute Gasteiger partial charge is 0.574 e. The fourth-order valence-electron chi connectivity index (χ4n) is 1.00. The maximum absolute atomic E-state index is 11.9. The van der Waals surface area contributed by atoms with Gasteiger partial charge in [-0.05, 0) is 5.56 Å². The molecule has 0 bridgehead atoms. The molecule has 1 aromatic heterocycles. The van der Waals surface area contributed by atoms with Gasteiger partial charge < -0.3 is 9.47 Å². The fraction of sp³-hybridized carbons (Fsp3) is 0.333. The summed E-state index contributed by atoms with van der Waals surface area (Å²) in [7, 11) is 1.26. The van der Waals surface area contributed by atoms with E-state index in [1.807, 2.05) is 0 Å². The van der Waals surface area contributed by atoms with Gasteiger partial charge in [-0.15, -0.1) is 13.2 Å². The highest BCUT2D eigenvalue weighted by Gasteiger charge is 2.32. The standard InChI is InChI=1S/C9H7F3N2O2/c1-15-7-4-6(2-3-13)5-8(14-7)16-9(10,11)12/h4-5H,2H2,1H3. The van der Waals surface area contributed by atoms with Crippen molar-refractivity contribution >= 4 is 0 Å². The lowest BCUT2D eigenvalue weighted by molar-refractivity contribution is -0.276. The minimum Gasteiger partial charge on any atom is -0.481 e. The number of nitriles is 1. The minimum absolute atomic E-state index is 0.0352. The van der Waals surface area contributed by atoms with E-state index >= 15 is 0 Å². The van der Waals surface area contributed by atoms with E-state index in [9.17, 15) is 13.2 Å². The molecule has 1 heterocycles. The first-order valence-electron chi connectivity index (χ1n) is 4.12. The third-order valence-electron chi connectivity index (χ3n) is 1.55. The number of alkyl halides is 3. The quantitative estimate of drug-likeness (QED) is 0.800. The van der Waals surface area contributed by atoms with Gasteiger partial charge in [0, 0.05) is 12.1 Å². The molecule has 0 aliphatic carbocycles. The van der Waals surface area contributed by atoms with Crippen LogP contribution >= 0.6 is 0 Å². The molecule has 86 valence electrons. The highest BCUT2D eigenvalue weighted by Crippen LogP contribution is 2.24. The third-order valence-corrected chi connectivity index (χ3v) is 1.55. The van der Waals surface area contributed by atoms with Crippen LogP contribution < -0.4 is 9.47 Å². The first-order chi connectivity index (χ1) is 7.44. The molecule has 4 nitrogen and oxygen atoms in total. The smallest absolute Gasteiger partial charge is 0.481 e. The predicted molar refractivity (Wildman–Crippen MR) is 46.8 cm³/mol. The van der Waals surface area contributed by atoms with E-state index in [4.69, 9.17) is 5.26 Å². The number of methoxy groups -OCH3 is 1. The average molecular weight is 232 g/mol. The molecule has 0 aliphatic heterocycles. The van der Waals surface area contributed by atoms with Gasteiger partial charge in [-0.2, -0.15) is 10.2 Å². The summed E-state index contributed by atoms with van der Waals surface area (Å²) in [6.45, 7) is 0. The fourth-order valence-corrected chi connectivity index (χ4v) is 1.00. The minimum atomic E-state index is -4.82. The molecule has 0 saturated carbocycles. The SMILES string of the molecule is COc1cc(CC#N)cc(OC(F)(F)F)n1. The Kier molecular flexibility index (Phi) is 3.55. The zero-order valence-corrected chi connectivity index (χ0v) is 8.21. The van der Waals surface area contributed by atoms with Gasteiger partial charge in [-0.1, -0.05) is 0 Å². The third kappa shape index (κ3) is 3.65. The van der Waals surface area contributed by atoms with Crippen molar-refractivity contribution in [1.29, 1.82) is 5.26 Å². The van der Waals surface area contributed by atoms with Crippen molar-refractivity contribution < 1.29 is 22.6 Å². The summed E-state index contributed by atoms with van der Waals surface area (Å²) in [6.07, 6.45) is -4.86. The molecule has 0 aromatic carbocycles. The van der Waals surface area contributed by atoms with Crippen molar-refractivity contribution in [2.24, 2.45) is 0 Å². The van der Waals surface area contributed by atoms with E-state index in [0.717, 1.165) is 6.07 Å². The summed E-state index contributed by atoms with van der Waals surface area (Å²) < 4.78 is 44.1. The summed E-state index contributed by atoms with van der Waals surface area (Å²) >= 11 is 0. The van der Waals surface area contributed by atoms with Crippen molar-refractivity contribution in [2.75, 3.05) is 7.11 Å². The van der Waals surface area contributed by atoms with Gasteiger partial charge in [0.25, 0.3) is 0 Å². The van der Waals surface area contributed by atoms with E-state index in [2.05, 4.69) is 14.5 Å². The molecule has 0 aliphatic rings. The Labute approximate surface area is 89.2 Å². The number of hydrogen-bond acceptors (Lipinski definition) is 4. The van der Waals surface area contributed by atoms with Gasteiger partial charge in [-0.3, -0.25) is 0 Å². The lowest BCUT2D eigenvalue weighted by atomic mass is 10.2. The summed E-state index contributed by atoms with van der Waals surface area (Å²) in [6, 6.07) is 4.21. The van der Waals surface area contributed by atoms with Crippen LogP contribution in [0.2, 0.25) is 0 Å². The maximum atomic E-state index is 11.9. The zero-order valence-electron chi connectivity index (χ0n) is 8.21. The van der Waals surface area contributed by atoms with Gasteiger partial charge in [0.05, 0.1) is 19.6 Å². The molecule has 0 N–H and O–H groups in total. The number of rotatable bonds is 3. The number of ether oxygens (including phenoxy) is 2. The molecule has 0 saturated heterocycles. The van der Waals surface area contributed by atoms with Gasteiger partial charge in [0.2, 0.25) is 11.8 Å². The monoisotopic (exact) mass is 232 g/mol. The molecule has 1 rings (SSSR count). The Morgan fingerprint density at radius 2 is 2.00 bits per heavy atom. The second kappa shape index (κ2) is 4.70. The van der Waals surface area contributed by atoms with Crippen LogP contribution in [0.1, 0.15) is 5.56 Å². The average Bonchev–Trinajstić information content (AvgIpc) is 2.15. The molecule has 16 heavy (non-hydrogen) atoms. The number of aromatic nitrogens is 1. The Morgan fingerprint density at radius 3 is 2.50 bits per heavy atom. The molecular weight excluding hydrogens is 225 g/mol. The van der Waals surface area contributed by atoms with Crippen LogP contribution in [-0.4, -0.2) is 18.5 Å². The maximum Gasteiger partial charge on any atom is 0.574 e. The first kappa shape index (κ1) is 12.1. The Morgan fingerprint density at radius 1 is 1.38 bits per heavy atom. The normalized spacial score (nSPS) is 10.7. The lowest BCUT2D eigenvalue weighted by Gasteiger charge is -2.09. The summed E-state index contributed by atoms with van der Waals surface area (Å²) in [5.74, 6) is -0.677. The van der Waals surface area contributed by atoms with Gasteiger partial charge in [-0.25, -0.2) is 0 Å². The van der Waals surface area contributed by atoms with Gasteiger partial charge in [0.1, 0.15) is 0 Å². The number of halogens is 3. The van der Waals surface area contributed by atoms with Crippen LogP contribution in [0, 0.1) is 11.3 Å². The van der Waals surface area contributed by atoms with Crippen molar-refractivity contribution in [3.05, 3.63) is 17.7 Å². The van der Waals surface area contributed by atoms with E-state index in [1.54, 1.807) is 6.07 Å². The molecule has 7 heteroatoms. The number of nitrogens with zero attached hydrogens (tertiary/aromatic N) is 2. The van der Waals surface area contributed by atoms with Crippen LogP contribution in [0.25, 0.3) is 0 Å². The van der Waals surface area contributed by atoms with Crippen molar-refractivity contribution in [3.8, 4) is 17.8 Å². The molecule has 0 unspecified atom stereocenters. The molecule has 0 fully saturated rings. The molecule has 0 amide bonds. The van der Waals surface area contributed by atoms with E-state index in [0.29, 0.717) is 5.56 Å². The second-order valence-corrected chi connectivity index (χ2v) is 2.74. The van der Waals surface area contributed by atoms with Crippen LogP contribution in [0.5, 0.6) is 11.8 Å². The van der Waals surface area contributed by atoms with Crippen molar-refractivity contribution in [2.45, 2.75) is 12.8 Å². The number of pyridine rings is 1. The molecule has 0 atom stereocenters. The Hall–Kier alpha value is -1.97. The van der Waals surface area contributed by atoms with Crippen LogP contribution in [0.3, 0.4) is 0 Å². The Bertz CT molecular complexity index is 412. The zero-order chi connectivity index (χ0) is 12.2. The van der Waals surface area contributed by atoms with Crippen LogP contribution in [-0.2, 0) is 6.42 Å². The highest BCUT2D eigenvalue weighted by molar-refractivity contribution is 5.30. The van der Waals surface area contributed by atoms with Gasteiger partial charge in [0.15, 0.2) is 0 Å². The van der Waals surface area contributed by atoms with Gasteiger partial charge >= 0.3 is 6.36 Å². The molecule has 0 radical (unpaired) electrons. The lowest BCUT2D eigenvalue weighted by Crippen LogP contribution is -2.18. The van der Waals surface area contributed by atoms with Crippen LogP contribution in [0.15, 0.2) is 12.1 Å². The summed E-state index contributed by atoms with van der Waals surface area (Å²) in [5.41, 5.74) is 0.341. The number of hydrogen-bond donors (Lipinski definition) is 0. The first-order valence-corrected chi connectivity index (χ1v) is 4.12. The second-order valence-electron chi connectivity index (χ2n) is 2.74. The van der Waals surface area contributed by atoms with E-state index in [1.165, 1.54) is 13.2 Å². The van der Waals surface area contributed by atoms with Crippen molar-refractivity contribution in [1.82, 2.24) is 4.98 Å². The highest BCUT2D eigenvalue weighted by atomic mass is 19.4. The molecular formula is C9H7F3N2O2. The van der Waals surface area contributed by atoms with E-state index in [-0.39, 0.29) is 12.3 Å².